The molecule has 3 atom stereocenters. The van der Waals surface area contributed by atoms with Crippen LogP contribution in [0.4, 0.5) is 0 Å². The molecule has 2 bridgehead atoms. The van der Waals surface area contributed by atoms with Crippen LogP contribution in [0.15, 0.2) is 23.1 Å². The molecule has 0 spiro atoms. The second-order valence-corrected chi connectivity index (χ2v) is 10.4. The summed E-state index contributed by atoms with van der Waals surface area (Å²) in [5.74, 6) is 0.463. The molecule has 1 aromatic carbocycles. The molecule has 2 fully saturated rings. The van der Waals surface area contributed by atoms with Crippen LogP contribution in [0.1, 0.15) is 62.9 Å². The SMILES string of the molecule is CCNS(=O)(=O)c1ccc(C)c(C(=O)NC2CC3CCC2(C)C3(C)C)c1. The van der Waals surface area contributed by atoms with Crippen molar-refractivity contribution >= 4 is 15.9 Å². The Morgan fingerprint density at radius 2 is 1.96 bits per heavy atom. The molecule has 2 saturated carbocycles. The number of sulfonamides is 1. The summed E-state index contributed by atoms with van der Waals surface area (Å²) in [6.07, 6.45) is 3.36. The Balaban J connectivity index is 1.85. The molecule has 26 heavy (non-hydrogen) atoms. The number of rotatable bonds is 5. The van der Waals surface area contributed by atoms with Crippen LogP contribution in [-0.4, -0.2) is 26.9 Å². The fraction of sp³-hybridized carbons (Fsp3) is 0.650. The van der Waals surface area contributed by atoms with Crippen molar-refractivity contribution in [2.75, 3.05) is 6.54 Å². The van der Waals surface area contributed by atoms with E-state index in [0.717, 1.165) is 18.4 Å². The van der Waals surface area contributed by atoms with E-state index in [1.165, 1.54) is 12.5 Å². The number of nitrogens with one attached hydrogen (secondary N) is 2. The Bertz CT molecular complexity index is 831. The number of aryl methyl sites for hydroxylation is 1. The van der Waals surface area contributed by atoms with Crippen LogP contribution in [0.25, 0.3) is 0 Å². The molecule has 1 aromatic rings. The third-order valence-electron chi connectivity index (χ3n) is 7.20. The Hall–Kier alpha value is -1.40. The Labute approximate surface area is 157 Å². The number of benzene rings is 1. The first-order chi connectivity index (χ1) is 12.0. The molecule has 3 rings (SSSR count). The van der Waals surface area contributed by atoms with Gasteiger partial charge in [-0.25, -0.2) is 13.1 Å². The van der Waals surface area contributed by atoms with E-state index < -0.39 is 10.0 Å². The lowest BCUT2D eigenvalue weighted by Crippen LogP contribution is -2.47. The van der Waals surface area contributed by atoms with Gasteiger partial charge in [0.2, 0.25) is 10.0 Å². The summed E-state index contributed by atoms with van der Waals surface area (Å²) in [7, 11) is -3.58. The van der Waals surface area contributed by atoms with E-state index in [1.54, 1.807) is 19.1 Å². The third kappa shape index (κ3) is 2.87. The van der Waals surface area contributed by atoms with Gasteiger partial charge in [0.15, 0.2) is 0 Å². The van der Waals surface area contributed by atoms with Gasteiger partial charge >= 0.3 is 0 Å². The van der Waals surface area contributed by atoms with Crippen LogP contribution in [0, 0.1) is 23.7 Å². The van der Waals surface area contributed by atoms with Crippen molar-refractivity contribution in [3.63, 3.8) is 0 Å². The van der Waals surface area contributed by atoms with Gasteiger partial charge in [-0.2, -0.15) is 0 Å². The molecule has 2 aliphatic carbocycles. The van der Waals surface area contributed by atoms with Crippen molar-refractivity contribution in [2.24, 2.45) is 16.7 Å². The number of carbonyl (C=O) groups excluding carboxylic acids is 1. The molecule has 2 N–H and O–H groups in total. The van der Waals surface area contributed by atoms with Gasteiger partial charge in [0.05, 0.1) is 4.90 Å². The fourth-order valence-electron chi connectivity index (χ4n) is 4.94. The molecule has 5 nitrogen and oxygen atoms in total. The lowest BCUT2D eigenvalue weighted by Gasteiger charge is -2.39. The molecule has 0 saturated heterocycles. The highest BCUT2D eigenvalue weighted by Gasteiger charge is 2.61. The molecule has 2 aliphatic rings. The quantitative estimate of drug-likeness (QED) is 0.826. The van der Waals surface area contributed by atoms with E-state index in [-0.39, 0.29) is 27.7 Å². The van der Waals surface area contributed by atoms with Gasteiger partial charge in [-0.1, -0.05) is 33.8 Å². The normalized spacial score (nSPS) is 29.7. The van der Waals surface area contributed by atoms with Gasteiger partial charge in [0.1, 0.15) is 0 Å². The standard InChI is InChI=1S/C20H30N2O3S/c1-6-21-26(24,25)15-8-7-13(2)16(12-15)18(23)22-17-11-14-9-10-20(17,5)19(14,3)4/h7-8,12,14,17,21H,6,9-11H2,1-5H3,(H,22,23). The average molecular weight is 379 g/mol. The zero-order chi connectivity index (χ0) is 19.3. The van der Waals surface area contributed by atoms with E-state index in [2.05, 4.69) is 30.8 Å². The highest BCUT2D eigenvalue weighted by atomic mass is 32.2. The second-order valence-electron chi connectivity index (χ2n) is 8.61. The van der Waals surface area contributed by atoms with Crippen LogP contribution < -0.4 is 10.0 Å². The van der Waals surface area contributed by atoms with E-state index in [4.69, 9.17) is 0 Å². The Kier molecular flexibility index (Phi) is 4.72. The van der Waals surface area contributed by atoms with Crippen molar-refractivity contribution in [1.29, 1.82) is 0 Å². The van der Waals surface area contributed by atoms with Crippen LogP contribution in [0.3, 0.4) is 0 Å². The number of carbonyl (C=O) groups is 1. The number of amides is 1. The summed E-state index contributed by atoms with van der Waals surface area (Å²) in [6.45, 7) is 10.8. The van der Waals surface area contributed by atoms with Crippen molar-refractivity contribution in [3.05, 3.63) is 29.3 Å². The van der Waals surface area contributed by atoms with E-state index in [9.17, 15) is 13.2 Å². The van der Waals surface area contributed by atoms with Crippen LogP contribution in [0.5, 0.6) is 0 Å². The molecule has 6 heteroatoms. The molecule has 0 aromatic heterocycles. The van der Waals surface area contributed by atoms with Crippen molar-refractivity contribution in [1.82, 2.24) is 10.0 Å². The maximum atomic E-state index is 13.0. The highest BCUT2D eigenvalue weighted by Crippen LogP contribution is 2.65. The van der Waals surface area contributed by atoms with Gasteiger partial charge in [-0.05, 0) is 60.6 Å². The Morgan fingerprint density at radius 1 is 1.27 bits per heavy atom. The first-order valence-electron chi connectivity index (χ1n) is 9.44. The minimum absolute atomic E-state index is 0.0919. The van der Waals surface area contributed by atoms with E-state index in [0.29, 0.717) is 18.0 Å². The minimum atomic E-state index is -3.58. The molecule has 0 radical (unpaired) electrons. The van der Waals surface area contributed by atoms with Crippen molar-refractivity contribution < 1.29 is 13.2 Å². The summed E-state index contributed by atoms with van der Waals surface area (Å²) in [6, 6.07) is 4.87. The third-order valence-corrected chi connectivity index (χ3v) is 8.74. The Morgan fingerprint density at radius 3 is 2.50 bits per heavy atom. The second kappa shape index (κ2) is 6.34. The summed E-state index contributed by atoms with van der Waals surface area (Å²) in [4.78, 5) is 13.1. The number of fused-ring (bicyclic) bond motifs is 2. The predicted molar refractivity (Wildman–Crippen MR) is 103 cm³/mol. The van der Waals surface area contributed by atoms with Crippen LogP contribution in [-0.2, 0) is 10.0 Å². The van der Waals surface area contributed by atoms with Gasteiger partial charge in [-0.15, -0.1) is 0 Å². The molecular weight excluding hydrogens is 348 g/mol. The van der Waals surface area contributed by atoms with Crippen molar-refractivity contribution in [3.8, 4) is 0 Å². The monoisotopic (exact) mass is 378 g/mol. The van der Waals surface area contributed by atoms with E-state index in [1.807, 2.05) is 6.92 Å². The van der Waals surface area contributed by atoms with Gasteiger partial charge in [0, 0.05) is 18.2 Å². The van der Waals surface area contributed by atoms with Crippen molar-refractivity contribution in [2.45, 2.75) is 64.8 Å². The summed E-state index contributed by atoms with van der Waals surface area (Å²) < 4.78 is 27.0. The van der Waals surface area contributed by atoms with Crippen LogP contribution >= 0.6 is 0 Å². The predicted octanol–water partition coefficient (Wildman–Crippen LogP) is 3.24. The first kappa shape index (κ1) is 19.4. The fourth-order valence-corrected chi connectivity index (χ4v) is 6.01. The molecule has 3 unspecified atom stereocenters. The zero-order valence-electron chi connectivity index (χ0n) is 16.3. The van der Waals surface area contributed by atoms with Gasteiger partial charge in [-0.3, -0.25) is 4.79 Å². The molecule has 0 aliphatic heterocycles. The molecule has 1 amide bonds. The summed E-state index contributed by atoms with van der Waals surface area (Å²) >= 11 is 0. The number of hydrogen-bond acceptors (Lipinski definition) is 3. The lowest BCUT2D eigenvalue weighted by atomic mass is 9.69. The molecule has 144 valence electrons. The maximum Gasteiger partial charge on any atom is 0.251 e. The lowest BCUT2D eigenvalue weighted by molar-refractivity contribution is 0.0825. The van der Waals surface area contributed by atoms with Gasteiger partial charge < -0.3 is 5.32 Å². The summed E-state index contributed by atoms with van der Waals surface area (Å²) in [5.41, 5.74) is 1.53. The molecular formula is C20H30N2O3S. The number of hydrogen-bond donors (Lipinski definition) is 2. The minimum Gasteiger partial charge on any atom is -0.349 e. The molecule has 0 heterocycles. The largest absolute Gasteiger partial charge is 0.349 e. The highest BCUT2D eigenvalue weighted by molar-refractivity contribution is 7.89. The first-order valence-corrected chi connectivity index (χ1v) is 10.9. The van der Waals surface area contributed by atoms with Crippen LogP contribution in [0.2, 0.25) is 0 Å². The van der Waals surface area contributed by atoms with E-state index >= 15 is 0 Å². The van der Waals surface area contributed by atoms with Gasteiger partial charge in [0.25, 0.3) is 5.91 Å². The maximum absolute atomic E-state index is 13.0. The summed E-state index contributed by atoms with van der Waals surface area (Å²) in [5, 5.41) is 3.22. The zero-order valence-corrected chi connectivity index (χ0v) is 17.2. The smallest absolute Gasteiger partial charge is 0.251 e. The topological polar surface area (TPSA) is 75.3 Å². The average Bonchev–Trinajstić information content (AvgIpc) is 2.88.